The van der Waals surface area contributed by atoms with E-state index in [1.807, 2.05) is 0 Å². The summed E-state index contributed by atoms with van der Waals surface area (Å²) in [5.41, 5.74) is 2.70. The van der Waals surface area contributed by atoms with E-state index in [9.17, 15) is 17.6 Å². The Morgan fingerprint density at radius 3 is 2.50 bits per heavy atom. The van der Waals surface area contributed by atoms with Crippen LogP contribution in [0.15, 0.2) is 87.3 Å². The summed E-state index contributed by atoms with van der Waals surface area (Å²) >= 11 is 3.27. The number of carbonyl (C=O) groups excluding carboxylic acids is 1. The van der Waals surface area contributed by atoms with Gasteiger partial charge in [0.05, 0.1) is 19.0 Å². The third kappa shape index (κ3) is 5.51. The van der Waals surface area contributed by atoms with Crippen LogP contribution in [0.2, 0.25) is 0 Å². The Labute approximate surface area is 193 Å². The van der Waals surface area contributed by atoms with Crippen LogP contribution >= 0.6 is 15.9 Å². The van der Waals surface area contributed by atoms with E-state index in [1.165, 1.54) is 37.4 Å². The summed E-state index contributed by atoms with van der Waals surface area (Å²) in [5, 5.41) is 3.73. The van der Waals surface area contributed by atoms with E-state index in [2.05, 4.69) is 26.5 Å². The van der Waals surface area contributed by atoms with Crippen molar-refractivity contribution in [1.82, 2.24) is 5.43 Å². The molecule has 0 bridgehead atoms. The van der Waals surface area contributed by atoms with Gasteiger partial charge in [-0.3, -0.25) is 9.10 Å². The number of hydrogen-bond acceptors (Lipinski definition) is 5. The smallest absolute Gasteiger partial charge is 0.268 e. The number of nitrogens with zero attached hydrogens (tertiary/aromatic N) is 2. The molecule has 10 heteroatoms. The molecule has 3 rings (SSSR count). The lowest BCUT2D eigenvalue weighted by molar-refractivity contribution is -0.119. The molecule has 0 aliphatic rings. The maximum atomic E-state index is 13.7. The molecule has 0 saturated heterocycles. The highest BCUT2D eigenvalue weighted by molar-refractivity contribution is 9.10. The highest BCUT2D eigenvalue weighted by Gasteiger charge is 2.30. The van der Waals surface area contributed by atoms with Gasteiger partial charge in [0.2, 0.25) is 0 Å². The summed E-state index contributed by atoms with van der Waals surface area (Å²) in [6.07, 6.45) is 1.14. The number of ether oxygens (including phenoxy) is 1. The van der Waals surface area contributed by atoms with Gasteiger partial charge in [0, 0.05) is 10.0 Å². The molecular formula is C22H19BrFN3O4S. The van der Waals surface area contributed by atoms with E-state index in [1.54, 1.807) is 42.5 Å². The molecule has 32 heavy (non-hydrogen) atoms. The van der Waals surface area contributed by atoms with Crippen LogP contribution < -0.4 is 14.5 Å². The number of hydrazone groups is 1. The Hall–Kier alpha value is -3.24. The Bertz CT molecular complexity index is 1240. The Kier molecular flexibility index (Phi) is 7.60. The quantitative estimate of drug-likeness (QED) is 0.360. The zero-order valence-electron chi connectivity index (χ0n) is 16.9. The van der Waals surface area contributed by atoms with E-state index in [-0.39, 0.29) is 21.9 Å². The molecule has 0 atom stereocenters. The lowest BCUT2D eigenvalue weighted by Gasteiger charge is -2.24. The minimum Gasteiger partial charge on any atom is -0.495 e. The second-order valence-corrected chi connectivity index (χ2v) is 9.20. The van der Waals surface area contributed by atoms with Crippen LogP contribution in [-0.2, 0) is 14.8 Å². The molecule has 0 aliphatic carbocycles. The fraction of sp³-hybridized carbons (Fsp3) is 0.0909. The number of hydrogen-bond donors (Lipinski definition) is 1. The van der Waals surface area contributed by atoms with Crippen LogP contribution in [0.4, 0.5) is 10.1 Å². The topological polar surface area (TPSA) is 88.1 Å². The molecule has 1 N–H and O–H groups in total. The average Bonchev–Trinajstić information content (AvgIpc) is 2.79. The van der Waals surface area contributed by atoms with Gasteiger partial charge in [0.15, 0.2) is 0 Å². The zero-order chi connectivity index (χ0) is 23.1. The lowest BCUT2D eigenvalue weighted by atomic mass is 10.2. The van der Waals surface area contributed by atoms with Crippen LogP contribution in [0.25, 0.3) is 0 Å². The Morgan fingerprint density at radius 2 is 1.81 bits per heavy atom. The van der Waals surface area contributed by atoms with Gasteiger partial charge < -0.3 is 4.74 Å². The predicted octanol–water partition coefficient (Wildman–Crippen LogP) is 3.94. The number of methoxy groups -OCH3 is 1. The molecule has 0 unspecified atom stereocenters. The summed E-state index contributed by atoms with van der Waals surface area (Å²) in [6.45, 7) is -0.559. The minimum absolute atomic E-state index is 0.110. The van der Waals surface area contributed by atoms with Gasteiger partial charge >= 0.3 is 0 Å². The van der Waals surface area contributed by atoms with E-state index in [0.29, 0.717) is 4.47 Å². The number of nitrogens with one attached hydrogen (secondary N) is 1. The monoisotopic (exact) mass is 519 g/mol. The first-order valence-corrected chi connectivity index (χ1v) is 11.5. The van der Waals surface area contributed by atoms with E-state index in [0.717, 1.165) is 10.5 Å². The van der Waals surface area contributed by atoms with Crippen molar-refractivity contribution in [2.24, 2.45) is 5.10 Å². The third-order valence-electron chi connectivity index (χ3n) is 4.32. The van der Waals surface area contributed by atoms with Crippen molar-refractivity contribution in [2.75, 3.05) is 18.0 Å². The molecule has 3 aromatic carbocycles. The van der Waals surface area contributed by atoms with Gasteiger partial charge in [0.1, 0.15) is 23.0 Å². The number of amides is 1. The van der Waals surface area contributed by atoms with Crippen LogP contribution in [0, 0.1) is 5.82 Å². The average molecular weight is 520 g/mol. The maximum Gasteiger partial charge on any atom is 0.268 e. The van der Waals surface area contributed by atoms with Gasteiger partial charge in [-0.2, -0.15) is 5.10 Å². The molecule has 166 valence electrons. The first-order chi connectivity index (χ1) is 15.3. The van der Waals surface area contributed by atoms with Crippen molar-refractivity contribution in [3.05, 3.63) is 88.6 Å². The number of carbonyl (C=O) groups is 1. The highest BCUT2D eigenvalue weighted by Crippen LogP contribution is 2.32. The SMILES string of the molecule is COc1ccc(Br)cc1S(=O)(=O)N(CC(=O)N/N=C\c1ccccc1F)c1ccccc1. The fourth-order valence-electron chi connectivity index (χ4n) is 2.80. The third-order valence-corrected chi connectivity index (χ3v) is 6.61. The first kappa shape index (κ1) is 23.4. The van der Waals surface area contributed by atoms with Gasteiger partial charge in [-0.25, -0.2) is 18.2 Å². The summed E-state index contributed by atoms with van der Waals surface area (Å²) in [5.74, 6) is -1.08. The van der Waals surface area contributed by atoms with Crippen molar-refractivity contribution >= 4 is 43.8 Å². The number of sulfonamides is 1. The number of para-hydroxylation sites is 1. The van der Waals surface area contributed by atoms with Crippen molar-refractivity contribution < 1.29 is 22.3 Å². The molecule has 0 aliphatic heterocycles. The highest BCUT2D eigenvalue weighted by atomic mass is 79.9. The van der Waals surface area contributed by atoms with Crippen molar-refractivity contribution in [3.8, 4) is 5.75 Å². The molecule has 0 fully saturated rings. The Morgan fingerprint density at radius 1 is 1.12 bits per heavy atom. The maximum absolute atomic E-state index is 13.7. The molecule has 0 spiro atoms. The Balaban J connectivity index is 1.90. The zero-order valence-corrected chi connectivity index (χ0v) is 19.3. The molecular weight excluding hydrogens is 501 g/mol. The van der Waals surface area contributed by atoms with Crippen LogP contribution in [0.3, 0.4) is 0 Å². The number of benzene rings is 3. The normalized spacial score (nSPS) is 11.3. The lowest BCUT2D eigenvalue weighted by Crippen LogP contribution is -2.39. The van der Waals surface area contributed by atoms with E-state index in [4.69, 9.17) is 4.74 Å². The van der Waals surface area contributed by atoms with Gasteiger partial charge in [-0.1, -0.05) is 52.3 Å². The van der Waals surface area contributed by atoms with Crippen molar-refractivity contribution in [2.45, 2.75) is 4.90 Å². The minimum atomic E-state index is -4.19. The molecule has 0 saturated carbocycles. The van der Waals surface area contributed by atoms with Crippen molar-refractivity contribution in [3.63, 3.8) is 0 Å². The number of anilines is 1. The summed E-state index contributed by atoms with van der Waals surface area (Å²) in [7, 11) is -2.83. The summed E-state index contributed by atoms with van der Waals surface area (Å²) in [4.78, 5) is 12.4. The second-order valence-electron chi connectivity index (χ2n) is 6.46. The van der Waals surface area contributed by atoms with E-state index >= 15 is 0 Å². The molecule has 0 aromatic heterocycles. The summed E-state index contributed by atoms with van der Waals surface area (Å²) in [6, 6.07) is 18.7. The molecule has 3 aromatic rings. The predicted molar refractivity (Wildman–Crippen MR) is 124 cm³/mol. The van der Waals surface area contributed by atoms with Gasteiger partial charge in [0.25, 0.3) is 15.9 Å². The standard InChI is InChI=1S/C22H19BrFN3O4S/c1-31-20-12-11-17(23)13-21(20)32(29,30)27(18-8-3-2-4-9-18)15-22(28)26-25-14-16-7-5-6-10-19(16)24/h2-14H,15H2,1H3,(H,26,28)/b25-14-. The van der Waals surface area contributed by atoms with E-state index < -0.39 is 28.3 Å². The molecule has 7 nitrogen and oxygen atoms in total. The number of halogens is 2. The fourth-order valence-corrected chi connectivity index (χ4v) is 4.92. The molecule has 0 heterocycles. The van der Waals surface area contributed by atoms with Crippen LogP contribution in [-0.4, -0.2) is 34.2 Å². The van der Waals surface area contributed by atoms with Crippen molar-refractivity contribution in [1.29, 1.82) is 0 Å². The van der Waals surface area contributed by atoms with Gasteiger partial charge in [-0.05, 0) is 36.4 Å². The van der Waals surface area contributed by atoms with Crippen LogP contribution in [0.1, 0.15) is 5.56 Å². The van der Waals surface area contributed by atoms with Crippen LogP contribution in [0.5, 0.6) is 5.75 Å². The number of rotatable bonds is 8. The summed E-state index contributed by atoms with van der Waals surface area (Å²) < 4.78 is 47.4. The second kappa shape index (κ2) is 10.4. The largest absolute Gasteiger partial charge is 0.495 e. The van der Waals surface area contributed by atoms with Gasteiger partial charge in [-0.15, -0.1) is 0 Å². The first-order valence-electron chi connectivity index (χ1n) is 9.30. The molecule has 0 radical (unpaired) electrons. The molecule has 1 amide bonds.